The molecule has 3 nitrogen and oxygen atoms in total. The van der Waals surface area contributed by atoms with Crippen LogP contribution in [0.1, 0.15) is 0 Å². The van der Waals surface area contributed by atoms with Crippen LogP contribution in [-0.2, 0) is 0 Å². The van der Waals surface area contributed by atoms with E-state index in [1.165, 1.54) is 65.9 Å². The smallest absolute Gasteiger partial charge is 0.143 e. The summed E-state index contributed by atoms with van der Waals surface area (Å²) in [6, 6.07) is 74.5. The topological polar surface area (TPSA) is 23.0 Å². The van der Waals surface area contributed by atoms with Gasteiger partial charge in [0.25, 0.3) is 0 Å². The van der Waals surface area contributed by atoms with Crippen LogP contribution < -0.4 is 0 Å². The lowest BCUT2D eigenvalue weighted by molar-refractivity contribution is 0.670. The van der Waals surface area contributed by atoms with Crippen molar-refractivity contribution in [1.29, 1.82) is 0 Å². The summed E-state index contributed by atoms with van der Waals surface area (Å²) in [7, 11) is 0. The number of fused-ring (bicyclic) bond motifs is 9. The van der Waals surface area contributed by atoms with Crippen LogP contribution in [0, 0.1) is 0 Å². The third-order valence-corrected chi connectivity index (χ3v) is 11.7. The maximum absolute atomic E-state index is 6.45. The van der Waals surface area contributed by atoms with Crippen LogP contribution in [0.5, 0.6) is 0 Å². The van der Waals surface area contributed by atoms with E-state index in [9.17, 15) is 0 Å². The van der Waals surface area contributed by atoms with Crippen molar-refractivity contribution in [2.75, 3.05) is 0 Å². The molecular weight excluding hydrogens is 693 g/mol. The number of hydrogen-bond acceptors (Lipinski definition) is 1. The molecule has 0 atom stereocenters. The van der Waals surface area contributed by atoms with Gasteiger partial charge in [-0.25, -0.2) is 0 Å². The molecule has 9 aromatic carbocycles. The molecule has 0 bridgehead atoms. The molecule has 3 heterocycles. The minimum absolute atomic E-state index is 0.910. The second-order valence-electron chi connectivity index (χ2n) is 14.9. The Morgan fingerprint density at radius 3 is 1.49 bits per heavy atom. The van der Waals surface area contributed by atoms with Gasteiger partial charge in [0, 0.05) is 49.3 Å². The van der Waals surface area contributed by atoms with E-state index in [0.717, 1.165) is 44.4 Å². The zero-order valence-corrected chi connectivity index (χ0v) is 30.9. The second kappa shape index (κ2) is 12.5. The van der Waals surface area contributed by atoms with Gasteiger partial charge in [0.2, 0.25) is 0 Å². The Hall–Kier alpha value is -7.62. The Bertz CT molecular complexity index is 3510. The molecule has 0 unspecified atom stereocenters. The van der Waals surface area contributed by atoms with Crippen LogP contribution in [0.4, 0.5) is 0 Å². The van der Waals surface area contributed by atoms with Gasteiger partial charge in [0.05, 0.1) is 22.1 Å². The van der Waals surface area contributed by atoms with Gasteiger partial charge in [0.15, 0.2) is 0 Å². The molecule has 266 valence electrons. The minimum atomic E-state index is 0.910. The number of nitrogens with zero attached hydrogens (tertiary/aromatic N) is 2. The van der Waals surface area contributed by atoms with Crippen LogP contribution >= 0.6 is 0 Å². The largest absolute Gasteiger partial charge is 0.455 e. The number of aromatic nitrogens is 2. The molecule has 57 heavy (non-hydrogen) atoms. The minimum Gasteiger partial charge on any atom is -0.455 e. The Labute approximate surface area is 328 Å². The van der Waals surface area contributed by atoms with Crippen molar-refractivity contribution in [1.82, 2.24) is 9.13 Å². The number of hydrogen-bond donors (Lipinski definition) is 0. The van der Waals surface area contributed by atoms with Gasteiger partial charge in [-0.1, -0.05) is 140 Å². The molecule has 0 aliphatic heterocycles. The van der Waals surface area contributed by atoms with Crippen molar-refractivity contribution in [3.8, 4) is 44.8 Å². The molecule has 0 amide bonds. The molecule has 0 N–H and O–H groups in total. The van der Waals surface area contributed by atoms with Gasteiger partial charge in [-0.05, 0) is 94.5 Å². The first-order valence-electron chi connectivity index (χ1n) is 19.5. The summed E-state index contributed by atoms with van der Waals surface area (Å²) < 4.78 is 11.2. The van der Waals surface area contributed by atoms with Gasteiger partial charge in [-0.3, -0.25) is 0 Å². The summed E-state index contributed by atoms with van der Waals surface area (Å²) in [5.41, 5.74) is 15.9. The van der Waals surface area contributed by atoms with E-state index in [1.54, 1.807) is 0 Å². The van der Waals surface area contributed by atoms with Crippen LogP contribution in [0.15, 0.2) is 211 Å². The number of furan rings is 1. The van der Waals surface area contributed by atoms with Gasteiger partial charge >= 0.3 is 0 Å². The summed E-state index contributed by atoms with van der Waals surface area (Å²) in [5.74, 6) is 0. The summed E-state index contributed by atoms with van der Waals surface area (Å²) in [5, 5.41) is 7.23. The van der Waals surface area contributed by atoms with E-state index < -0.39 is 0 Å². The van der Waals surface area contributed by atoms with Crippen molar-refractivity contribution in [3.63, 3.8) is 0 Å². The Morgan fingerprint density at radius 1 is 0.281 bits per heavy atom. The molecule has 12 aromatic rings. The first-order chi connectivity index (χ1) is 28.3. The first-order valence-corrected chi connectivity index (χ1v) is 19.5. The highest BCUT2D eigenvalue weighted by molar-refractivity contribution is 6.13. The fourth-order valence-electron chi connectivity index (χ4n) is 9.08. The first kappa shape index (κ1) is 31.7. The molecule has 3 heteroatoms. The molecule has 3 aromatic heterocycles. The average Bonchev–Trinajstić information content (AvgIpc) is 3.94. The Morgan fingerprint density at radius 2 is 0.789 bits per heavy atom. The lowest BCUT2D eigenvalue weighted by Crippen LogP contribution is -1.94. The fraction of sp³-hybridized carbons (Fsp3) is 0. The van der Waals surface area contributed by atoms with Crippen molar-refractivity contribution >= 4 is 65.6 Å². The standard InChI is InChI=1S/C54H34N2O/c1-2-12-35(13-3-1)36-24-28-40(29-25-36)55-49-21-7-4-16-43(49)47-33-37(26-30-51(47)55)38-27-31-52-48(34-38)44-17-5-8-22-50(44)56(52)41-15-10-14-39(32-41)42-19-11-20-46-45-18-6-9-23-53(45)57-54(42)46/h1-34H. The Balaban J connectivity index is 0.975. The summed E-state index contributed by atoms with van der Waals surface area (Å²) in [6.07, 6.45) is 0. The van der Waals surface area contributed by atoms with Gasteiger partial charge in [-0.15, -0.1) is 0 Å². The molecule has 0 saturated carbocycles. The summed E-state index contributed by atoms with van der Waals surface area (Å²) >= 11 is 0. The van der Waals surface area contributed by atoms with E-state index in [2.05, 4.69) is 203 Å². The molecule has 0 fully saturated rings. The van der Waals surface area contributed by atoms with Crippen molar-refractivity contribution in [3.05, 3.63) is 206 Å². The molecule has 0 spiro atoms. The van der Waals surface area contributed by atoms with Crippen LogP contribution in [0.25, 0.3) is 110 Å². The molecular formula is C54H34N2O. The normalized spacial score (nSPS) is 11.9. The predicted molar refractivity (Wildman–Crippen MR) is 239 cm³/mol. The van der Waals surface area contributed by atoms with E-state index in [1.807, 2.05) is 12.1 Å². The zero-order valence-electron chi connectivity index (χ0n) is 30.9. The highest BCUT2D eigenvalue weighted by atomic mass is 16.3. The highest BCUT2D eigenvalue weighted by Gasteiger charge is 2.18. The lowest BCUT2D eigenvalue weighted by Gasteiger charge is -2.11. The van der Waals surface area contributed by atoms with Crippen LogP contribution in [0.2, 0.25) is 0 Å². The average molecular weight is 727 g/mol. The number of benzene rings is 9. The van der Waals surface area contributed by atoms with E-state index in [-0.39, 0.29) is 0 Å². The molecule has 0 aliphatic carbocycles. The lowest BCUT2D eigenvalue weighted by atomic mass is 10.0. The molecule has 0 aliphatic rings. The molecule has 0 saturated heterocycles. The number of para-hydroxylation sites is 4. The quantitative estimate of drug-likeness (QED) is 0.173. The molecule has 0 radical (unpaired) electrons. The van der Waals surface area contributed by atoms with E-state index in [0.29, 0.717) is 0 Å². The van der Waals surface area contributed by atoms with E-state index >= 15 is 0 Å². The highest BCUT2D eigenvalue weighted by Crippen LogP contribution is 2.40. The van der Waals surface area contributed by atoms with Crippen molar-refractivity contribution < 1.29 is 4.42 Å². The second-order valence-corrected chi connectivity index (χ2v) is 14.9. The van der Waals surface area contributed by atoms with Gasteiger partial charge < -0.3 is 13.6 Å². The third-order valence-electron chi connectivity index (χ3n) is 11.7. The maximum Gasteiger partial charge on any atom is 0.143 e. The summed E-state index contributed by atoms with van der Waals surface area (Å²) in [4.78, 5) is 0. The summed E-state index contributed by atoms with van der Waals surface area (Å²) in [6.45, 7) is 0. The monoisotopic (exact) mass is 726 g/mol. The SMILES string of the molecule is c1ccc(-c2ccc(-n3c4ccccc4c4cc(-c5ccc6c(c5)c5ccccc5n6-c5cccc(-c6cccc7c6oc6ccccc67)c5)ccc43)cc2)cc1. The van der Waals surface area contributed by atoms with Crippen LogP contribution in [0.3, 0.4) is 0 Å². The van der Waals surface area contributed by atoms with Crippen molar-refractivity contribution in [2.24, 2.45) is 0 Å². The third kappa shape index (κ3) is 4.92. The van der Waals surface area contributed by atoms with Gasteiger partial charge in [-0.2, -0.15) is 0 Å². The van der Waals surface area contributed by atoms with Gasteiger partial charge in [0.1, 0.15) is 11.2 Å². The van der Waals surface area contributed by atoms with Crippen molar-refractivity contribution in [2.45, 2.75) is 0 Å². The predicted octanol–water partition coefficient (Wildman–Crippen LogP) is 14.8. The van der Waals surface area contributed by atoms with Crippen LogP contribution in [-0.4, -0.2) is 9.13 Å². The van der Waals surface area contributed by atoms with E-state index in [4.69, 9.17) is 4.42 Å². The maximum atomic E-state index is 6.45. The number of rotatable bonds is 5. The fourth-order valence-corrected chi connectivity index (χ4v) is 9.08. The Kier molecular flexibility index (Phi) is 6.93. The molecule has 12 rings (SSSR count). The zero-order chi connectivity index (χ0) is 37.5.